The van der Waals surface area contributed by atoms with Crippen LogP contribution in [-0.2, 0) is 16.0 Å². The van der Waals surface area contributed by atoms with Crippen molar-refractivity contribution < 1.29 is 9.59 Å². The van der Waals surface area contributed by atoms with E-state index in [1.165, 1.54) is 22.7 Å². The predicted molar refractivity (Wildman–Crippen MR) is 118 cm³/mol. The van der Waals surface area contributed by atoms with Crippen LogP contribution in [0, 0.1) is 5.92 Å². The SMILES string of the molecule is CC(NC(=O)Cc1csc(-c2ccc(Cl)s2)n1)c1ccc(NC(=O)C2CC2)cc1. The van der Waals surface area contributed by atoms with Gasteiger partial charge < -0.3 is 10.6 Å². The van der Waals surface area contributed by atoms with Crippen molar-refractivity contribution in [2.75, 3.05) is 5.32 Å². The van der Waals surface area contributed by atoms with Gasteiger partial charge in [0, 0.05) is 17.0 Å². The highest BCUT2D eigenvalue weighted by Gasteiger charge is 2.29. The molecule has 0 saturated heterocycles. The molecule has 0 radical (unpaired) electrons. The molecule has 29 heavy (non-hydrogen) atoms. The zero-order valence-electron chi connectivity index (χ0n) is 15.8. The first-order valence-corrected chi connectivity index (χ1v) is 11.5. The third-order valence-corrected chi connectivity index (χ3v) is 6.97. The molecular weight excluding hydrogens is 426 g/mol. The van der Waals surface area contributed by atoms with E-state index in [0.717, 1.165) is 44.0 Å². The average Bonchev–Trinajstić information content (AvgIpc) is 3.31. The van der Waals surface area contributed by atoms with E-state index in [1.54, 1.807) is 0 Å². The van der Waals surface area contributed by atoms with Gasteiger partial charge in [0.15, 0.2) is 0 Å². The van der Waals surface area contributed by atoms with Gasteiger partial charge in [-0.2, -0.15) is 0 Å². The molecule has 5 nitrogen and oxygen atoms in total. The molecule has 150 valence electrons. The molecule has 1 fully saturated rings. The minimum absolute atomic E-state index is 0.0790. The Balaban J connectivity index is 1.31. The number of nitrogens with one attached hydrogen (secondary N) is 2. The molecule has 8 heteroatoms. The summed E-state index contributed by atoms with van der Waals surface area (Å²) in [7, 11) is 0. The highest BCUT2D eigenvalue weighted by atomic mass is 35.5. The molecule has 1 unspecified atom stereocenters. The van der Waals surface area contributed by atoms with Gasteiger partial charge in [0.05, 0.1) is 27.4 Å². The number of halogens is 1. The van der Waals surface area contributed by atoms with Crippen LogP contribution >= 0.6 is 34.3 Å². The van der Waals surface area contributed by atoms with E-state index in [2.05, 4.69) is 15.6 Å². The molecule has 1 saturated carbocycles. The van der Waals surface area contributed by atoms with E-state index in [-0.39, 0.29) is 30.2 Å². The van der Waals surface area contributed by atoms with Crippen molar-refractivity contribution in [1.29, 1.82) is 0 Å². The Labute approximate surface area is 182 Å². The van der Waals surface area contributed by atoms with Crippen LogP contribution in [-0.4, -0.2) is 16.8 Å². The van der Waals surface area contributed by atoms with Gasteiger partial charge in [0.25, 0.3) is 0 Å². The maximum atomic E-state index is 12.4. The fourth-order valence-electron chi connectivity index (χ4n) is 2.92. The molecule has 1 aliphatic rings. The Bertz CT molecular complexity index is 1020. The number of thiazole rings is 1. The lowest BCUT2D eigenvalue weighted by Gasteiger charge is -2.15. The number of amides is 2. The Hall–Kier alpha value is -2.22. The number of carbonyl (C=O) groups is 2. The normalized spacial score (nSPS) is 14.4. The molecule has 1 aromatic carbocycles. The van der Waals surface area contributed by atoms with Gasteiger partial charge in [0.2, 0.25) is 11.8 Å². The third kappa shape index (κ3) is 5.23. The summed E-state index contributed by atoms with van der Waals surface area (Å²) < 4.78 is 0.724. The Kier molecular flexibility index (Phi) is 5.99. The first kappa shape index (κ1) is 20.1. The second-order valence-electron chi connectivity index (χ2n) is 7.10. The van der Waals surface area contributed by atoms with Gasteiger partial charge in [-0.1, -0.05) is 23.7 Å². The number of rotatable bonds is 7. The summed E-state index contributed by atoms with van der Waals surface area (Å²) in [5.74, 6) is 0.187. The summed E-state index contributed by atoms with van der Waals surface area (Å²) in [5, 5.41) is 8.71. The smallest absolute Gasteiger partial charge is 0.227 e. The zero-order valence-corrected chi connectivity index (χ0v) is 18.2. The molecule has 4 rings (SSSR count). The van der Waals surface area contributed by atoms with Crippen LogP contribution in [0.25, 0.3) is 9.88 Å². The van der Waals surface area contributed by atoms with E-state index >= 15 is 0 Å². The topological polar surface area (TPSA) is 71.1 Å². The number of hydrogen-bond donors (Lipinski definition) is 2. The predicted octanol–water partition coefficient (Wildman–Crippen LogP) is 5.29. The lowest BCUT2D eigenvalue weighted by molar-refractivity contribution is -0.121. The molecule has 0 spiro atoms. The largest absolute Gasteiger partial charge is 0.349 e. The highest BCUT2D eigenvalue weighted by molar-refractivity contribution is 7.23. The van der Waals surface area contributed by atoms with E-state index < -0.39 is 0 Å². The molecule has 2 aromatic heterocycles. The minimum atomic E-state index is -0.134. The maximum absolute atomic E-state index is 12.4. The molecular formula is C21H20ClN3O2S2. The number of benzene rings is 1. The van der Waals surface area contributed by atoms with Crippen molar-refractivity contribution in [3.05, 3.63) is 57.4 Å². The van der Waals surface area contributed by atoms with Crippen LogP contribution < -0.4 is 10.6 Å². The van der Waals surface area contributed by atoms with E-state index in [9.17, 15) is 9.59 Å². The monoisotopic (exact) mass is 445 g/mol. The summed E-state index contributed by atoms with van der Waals surface area (Å²) in [6.45, 7) is 1.94. The fraction of sp³-hybridized carbons (Fsp3) is 0.286. The third-order valence-electron chi connectivity index (χ3n) is 4.68. The van der Waals surface area contributed by atoms with Crippen molar-refractivity contribution in [2.24, 2.45) is 5.92 Å². The van der Waals surface area contributed by atoms with Gasteiger partial charge in [-0.15, -0.1) is 22.7 Å². The lowest BCUT2D eigenvalue weighted by atomic mass is 10.1. The second-order valence-corrected chi connectivity index (χ2v) is 9.67. The van der Waals surface area contributed by atoms with Gasteiger partial charge in [0.1, 0.15) is 5.01 Å². The Morgan fingerprint density at radius 2 is 1.97 bits per heavy atom. The highest BCUT2D eigenvalue weighted by Crippen LogP contribution is 2.33. The van der Waals surface area contributed by atoms with Crippen LogP contribution in [0.5, 0.6) is 0 Å². The van der Waals surface area contributed by atoms with Gasteiger partial charge in [-0.25, -0.2) is 4.98 Å². The molecule has 2 amide bonds. The molecule has 3 aromatic rings. The second kappa shape index (κ2) is 8.65. The number of nitrogens with zero attached hydrogens (tertiary/aromatic N) is 1. The zero-order chi connectivity index (χ0) is 20.4. The van der Waals surface area contributed by atoms with Crippen molar-refractivity contribution in [2.45, 2.75) is 32.2 Å². The quantitative estimate of drug-likeness (QED) is 0.518. The average molecular weight is 446 g/mol. The van der Waals surface area contributed by atoms with E-state index in [1.807, 2.05) is 48.7 Å². The van der Waals surface area contributed by atoms with Crippen LogP contribution in [0.15, 0.2) is 41.8 Å². The summed E-state index contributed by atoms with van der Waals surface area (Å²) in [5.41, 5.74) is 2.51. The number of thiophene rings is 1. The van der Waals surface area contributed by atoms with Crippen molar-refractivity contribution >= 4 is 51.8 Å². The molecule has 0 bridgehead atoms. The minimum Gasteiger partial charge on any atom is -0.349 e. The van der Waals surface area contributed by atoms with Crippen molar-refractivity contribution in [3.63, 3.8) is 0 Å². The van der Waals surface area contributed by atoms with Crippen LogP contribution in [0.4, 0.5) is 5.69 Å². The summed E-state index contributed by atoms with van der Waals surface area (Å²) in [4.78, 5) is 29.8. The summed E-state index contributed by atoms with van der Waals surface area (Å²) in [6.07, 6.45) is 2.19. The Morgan fingerprint density at radius 3 is 2.62 bits per heavy atom. The maximum Gasteiger partial charge on any atom is 0.227 e. The lowest BCUT2D eigenvalue weighted by Crippen LogP contribution is -2.28. The number of hydrogen-bond acceptors (Lipinski definition) is 5. The fourth-order valence-corrected chi connectivity index (χ4v) is 4.85. The first-order chi connectivity index (χ1) is 14.0. The number of carbonyl (C=O) groups excluding carboxylic acids is 2. The molecule has 2 N–H and O–H groups in total. The van der Waals surface area contributed by atoms with Crippen LogP contribution in [0.2, 0.25) is 4.34 Å². The van der Waals surface area contributed by atoms with Crippen molar-refractivity contribution in [1.82, 2.24) is 10.3 Å². The Morgan fingerprint density at radius 1 is 1.21 bits per heavy atom. The van der Waals surface area contributed by atoms with Crippen molar-refractivity contribution in [3.8, 4) is 9.88 Å². The first-order valence-electron chi connectivity index (χ1n) is 9.38. The van der Waals surface area contributed by atoms with Crippen LogP contribution in [0.3, 0.4) is 0 Å². The molecule has 2 heterocycles. The van der Waals surface area contributed by atoms with Gasteiger partial charge >= 0.3 is 0 Å². The molecule has 1 aliphatic carbocycles. The standard InChI is InChI=1S/C21H20ClN3O2S2/c1-12(13-4-6-15(7-5-13)24-20(27)14-2-3-14)23-19(26)10-16-11-28-21(25-16)17-8-9-18(22)29-17/h4-9,11-12,14H,2-3,10H2,1H3,(H,23,26)(H,24,27). The summed E-state index contributed by atoms with van der Waals surface area (Å²) >= 11 is 8.97. The number of aromatic nitrogens is 1. The van der Waals surface area contributed by atoms with E-state index in [4.69, 9.17) is 11.6 Å². The summed E-state index contributed by atoms with van der Waals surface area (Å²) in [6, 6.07) is 11.2. The van der Waals surface area contributed by atoms with Gasteiger partial charge in [-0.3, -0.25) is 9.59 Å². The molecule has 0 aliphatic heterocycles. The number of anilines is 1. The van der Waals surface area contributed by atoms with Gasteiger partial charge in [-0.05, 0) is 49.6 Å². The molecule has 1 atom stereocenters. The van der Waals surface area contributed by atoms with E-state index in [0.29, 0.717) is 0 Å². The van der Waals surface area contributed by atoms with Crippen LogP contribution in [0.1, 0.15) is 37.1 Å².